The van der Waals surface area contributed by atoms with E-state index in [9.17, 15) is 14.9 Å². The van der Waals surface area contributed by atoms with Crippen LogP contribution in [0.2, 0.25) is 0 Å². The highest BCUT2D eigenvalue weighted by molar-refractivity contribution is 5.94. The first-order chi connectivity index (χ1) is 9.47. The number of ether oxygens (including phenoxy) is 1. The summed E-state index contributed by atoms with van der Waals surface area (Å²) in [6.45, 7) is 3.23. The molecule has 0 spiro atoms. The molecule has 0 saturated heterocycles. The number of carbonyl (C=O) groups excluding carboxylic acids is 1. The summed E-state index contributed by atoms with van der Waals surface area (Å²) in [7, 11) is 0. The van der Waals surface area contributed by atoms with Gasteiger partial charge in [-0.2, -0.15) is 0 Å². The van der Waals surface area contributed by atoms with Crippen molar-refractivity contribution in [1.82, 2.24) is 4.98 Å². The number of pyridine rings is 1. The van der Waals surface area contributed by atoms with Gasteiger partial charge in [0.15, 0.2) is 5.78 Å². The number of nitro groups is 1. The lowest BCUT2D eigenvalue weighted by molar-refractivity contribution is -0.385. The number of nitrogens with zero attached hydrogens (tertiary/aromatic N) is 2. The van der Waals surface area contributed by atoms with Crippen LogP contribution in [0.5, 0.6) is 11.6 Å². The van der Waals surface area contributed by atoms with Crippen LogP contribution in [-0.4, -0.2) is 15.7 Å². The largest absolute Gasteiger partial charge is 0.432 e. The Labute approximate surface area is 115 Å². The Bertz CT molecular complexity index is 683. The average Bonchev–Trinajstić information content (AvgIpc) is 2.38. The Morgan fingerprint density at radius 1 is 1.30 bits per heavy atom. The molecule has 1 aromatic heterocycles. The minimum Gasteiger partial charge on any atom is -0.432 e. The molecule has 0 radical (unpaired) electrons. The quantitative estimate of drug-likeness (QED) is 0.484. The summed E-state index contributed by atoms with van der Waals surface area (Å²) >= 11 is 0. The molecule has 102 valence electrons. The lowest BCUT2D eigenvalue weighted by Gasteiger charge is -2.07. The summed E-state index contributed by atoms with van der Waals surface area (Å²) in [5, 5.41) is 10.9. The van der Waals surface area contributed by atoms with E-state index >= 15 is 0 Å². The molecule has 2 rings (SSSR count). The fraction of sp³-hybridized carbons (Fsp3) is 0.143. The molecule has 6 nitrogen and oxygen atoms in total. The molecule has 2 aromatic rings. The van der Waals surface area contributed by atoms with Crippen LogP contribution in [0.1, 0.15) is 22.8 Å². The molecular weight excluding hydrogens is 260 g/mol. The molecule has 6 heteroatoms. The first kappa shape index (κ1) is 13.7. The Hall–Kier alpha value is -2.76. The highest BCUT2D eigenvalue weighted by Crippen LogP contribution is 2.31. The maximum atomic E-state index is 11.3. The number of ketones is 1. The number of rotatable bonds is 4. The van der Waals surface area contributed by atoms with Gasteiger partial charge in [-0.3, -0.25) is 14.9 Å². The highest BCUT2D eigenvalue weighted by atomic mass is 16.6. The second kappa shape index (κ2) is 5.48. The van der Waals surface area contributed by atoms with Gasteiger partial charge in [0.1, 0.15) is 0 Å². The molecule has 0 bridgehead atoms. The van der Waals surface area contributed by atoms with Crippen LogP contribution in [0.25, 0.3) is 0 Å². The number of nitro benzene ring substituents is 1. The van der Waals surface area contributed by atoms with Gasteiger partial charge in [-0.05, 0) is 31.5 Å². The molecule has 0 unspecified atom stereocenters. The first-order valence-electron chi connectivity index (χ1n) is 5.87. The molecule has 0 aliphatic heterocycles. The maximum absolute atomic E-state index is 11.3. The zero-order valence-electron chi connectivity index (χ0n) is 11.0. The summed E-state index contributed by atoms with van der Waals surface area (Å²) < 4.78 is 5.44. The molecule has 20 heavy (non-hydrogen) atoms. The second-order valence-corrected chi connectivity index (χ2v) is 4.27. The number of hydrogen-bond donors (Lipinski definition) is 0. The zero-order chi connectivity index (χ0) is 14.7. The smallest absolute Gasteiger partial charge is 0.311 e. The van der Waals surface area contributed by atoms with E-state index in [1.54, 1.807) is 25.1 Å². The highest BCUT2D eigenvalue weighted by Gasteiger charge is 2.16. The topological polar surface area (TPSA) is 82.3 Å². The predicted molar refractivity (Wildman–Crippen MR) is 72.1 cm³/mol. The van der Waals surface area contributed by atoms with E-state index in [4.69, 9.17) is 4.74 Å². The molecule has 0 fully saturated rings. The molecule has 0 N–H and O–H groups in total. The van der Waals surface area contributed by atoms with E-state index in [0.29, 0.717) is 5.56 Å². The van der Waals surface area contributed by atoms with Gasteiger partial charge in [0.05, 0.1) is 4.92 Å². The van der Waals surface area contributed by atoms with E-state index in [-0.39, 0.29) is 23.1 Å². The van der Waals surface area contributed by atoms with Crippen molar-refractivity contribution < 1.29 is 14.5 Å². The van der Waals surface area contributed by atoms with E-state index in [2.05, 4.69) is 4.98 Å². The number of benzene rings is 1. The Kier molecular flexibility index (Phi) is 3.74. The van der Waals surface area contributed by atoms with E-state index < -0.39 is 4.92 Å². The van der Waals surface area contributed by atoms with Crippen LogP contribution in [0.15, 0.2) is 36.5 Å². The summed E-state index contributed by atoms with van der Waals surface area (Å²) in [5.74, 6) is 0.116. The van der Waals surface area contributed by atoms with E-state index in [1.165, 1.54) is 25.3 Å². The van der Waals surface area contributed by atoms with Crippen molar-refractivity contribution in [1.29, 1.82) is 0 Å². The predicted octanol–water partition coefficient (Wildman–Crippen LogP) is 3.29. The Morgan fingerprint density at radius 2 is 2.05 bits per heavy atom. The van der Waals surface area contributed by atoms with Gasteiger partial charge in [-0.1, -0.05) is 6.07 Å². The van der Waals surface area contributed by atoms with E-state index in [0.717, 1.165) is 5.56 Å². The van der Waals surface area contributed by atoms with Crippen LogP contribution in [0.3, 0.4) is 0 Å². The third-order valence-corrected chi connectivity index (χ3v) is 2.67. The minimum absolute atomic E-state index is 0.100. The first-order valence-corrected chi connectivity index (χ1v) is 5.87. The molecule has 1 heterocycles. The fourth-order valence-corrected chi connectivity index (χ4v) is 1.65. The normalized spacial score (nSPS) is 10.1. The molecule has 0 aliphatic carbocycles. The molecule has 0 atom stereocenters. The summed E-state index contributed by atoms with van der Waals surface area (Å²) in [4.78, 5) is 25.7. The molecular formula is C14H12N2O4. The fourth-order valence-electron chi connectivity index (χ4n) is 1.65. The van der Waals surface area contributed by atoms with Crippen LogP contribution >= 0.6 is 0 Å². The van der Waals surface area contributed by atoms with Crippen molar-refractivity contribution >= 4 is 11.5 Å². The van der Waals surface area contributed by atoms with Gasteiger partial charge < -0.3 is 4.74 Å². The summed E-state index contributed by atoms with van der Waals surface area (Å²) in [6.07, 6.45) is 1.42. The zero-order valence-corrected chi connectivity index (χ0v) is 11.0. The van der Waals surface area contributed by atoms with Crippen molar-refractivity contribution in [3.8, 4) is 11.6 Å². The van der Waals surface area contributed by atoms with Gasteiger partial charge in [0.25, 0.3) is 0 Å². The number of aromatic nitrogens is 1. The second-order valence-electron chi connectivity index (χ2n) is 4.27. The molecule has 1 aromatic carbocycles. The molecule has 0 amide bonds. The van der Waals surface area contributed by atoms with Crippen LogP contribution < -0.4 is 4.74 Å². The monoisotopic (exact) mass is 272 g/mol. The van der Waals surface area contributed by atoms with Crippen molar-refractivity contribution in [2.24, 2.45) is 0 Å². The van der Waals surface area contributed by atoms with Crippen LogP contribution in [0, 0.1) is 17.0 Å². The van der Waals surface area contributed by atoms with Crippen molar-refractivity contribution in [3.05, 3.63) is 57.8 Å². The summed E-state index contributed by atoms with van der Waals surface area (Å²) in [6, 6.07) is 7.57. The summed E-state index contributed by atoms with van der Waals surface area (Å²) in [5.41, 5.74) is 1.12. The van der Waals surface area contributed by atoms with Crippen molar-refractivity contribution in [2.45, 2.75) is 13.8 Å². The average molecular weight is 272 g/mol. The van der Waals surface area contributed by atoms with Crippen LogP contribution in [0.4, 0.5) is 5.69 Å². The number of hydrogen-bond acceptors (Lipinski definition) is 5. The number of aryl methyl sites for hydroxylation is 1. The van der Waals surface area contributed by atoms with Crippen LogP contribution in [-0.2, 0) is 0 Å². The molecule has 0 saturated carbocycles. The maximum Gasteiger partial charge on any atom is 0.311 e. The van der Waals surface area contributed by atoms with Gasteiger partial charge in [-0.25, -0.2) is 4.98 Å². The standard InChI is InChI=1S/C14H12N2O4/c1-9-3-4-12(16(18)19)13(7-9)20-14-8-11(10(2)17)5-6-15-14/h3-8H,1-2H3. The van der Waals surface area contributed by atoms with Gasteiger partial charge in [-0.15, -0.1) is 0 Å². The Balaban J connectivity index is 2.39. The van der Waals surface area contributed by atoms with Crippen molar-refractivity contribution in [3.63, 3.8) is 0 Å². The van der Waals surface area contributed by atoms with Gasteiger partial charge in [0, 0.05) is 23.9 Å². The minimum atomic E-state index is -0.524. The van der Waals surface area contributed by atoms with Gasteiger partial charge in [0.2, 0.25) is 11.6 Å². The molecule has 0 aliphatic rings. The van der Waals surface area contributed by atoms with E-state index in [1.807, 2.05) is 0 Å². The van der Waals surface area contributed by atoms with Gasteiger partial charge >= 0.3 is 5.69 Å². The Morgan fingerprint density at radius 3 is 2.70 bits per heavy atom. The lowest BCUT2D eigenvalue weighted by Crippen LogP contribution is -1.97. The van der Waals surface area contributed by atoms with Crippen molar-refractivity contribution in [2.75, 3.05) is 0 Å². The lowest BCUT2D eigenvalue weighted by atomic mass is 10.2. The SMILES string of the molecule is CC(=O)c1ccnc(Oc2cc(C)ccc2[N+](=O)[O-])c1. The number of carbonyl (C=O) groups is 1. The third-order valence-electron chi connectivity index (χ3n) is 2.67. The number of Topliss-reactive ketones (excluding diaryl/α,β-unsaturated/α-hetero) is 1. The third kappa shape index (κ3) is 2.97.